The van der Waals surface area contributed by atoms with Gasteiger partial charge in [-0.15, -0.1) is 0 Å². The summed E-state index contributed by atoms with van der Waals surface area (Å²) in [6.07, 6.45) is 4.92. The van der Waals surface area contributed by atoms with E-state index in [9.17, 15) is 4.79 Å². The van der Waals surface area contributed by atoms with Gasteiger partial charge in [-0.1, -0.05) is 13.8 Å². The monoisotopic (exact) mass is 227 g/mol. The highest BCUT2D eigenvalue weighted by molar-refractivity contribution is 5.66. The summed E-state index contributed by atoms with van der Waals surface area (Å²) in [5, 5.41) is 8.59. The van der Waals surface area contributed by atoms with Gasteiger partial charge in [-0.2, -0.15) is 0 Å². The largest absolute Gasteiger partial charge is 0.481 e. The molecule has 1 fully saturated rings. The lowest BCUT2D eigenvalue weighted by molar-refractivity contribution is -0.137. The highest BCUT2D eigenvalue weighted by atomic mass is 16.4. The van der Waals surface area contributed by atoms with Crippen LogP contribution in [-0.2, 0) is 4.79 Å². The van der Waals surface area contributed by atoms with Crippen LogP contribution in [0.1, 0.15) is 46.0 Å². The van der Waals surface area contributed by atoms with Crippen LogP contribution in [0, 0.1) is 11.8 Å². The van der Waals surface area contributed by atoms with E-state index in [4.69, 9.17) is 5.11 Å². The zero-order valence-electron chi connectivity index (χ0n) is 10.8. The van der Waals surface area contributed by atoms with Crippen molar-refractivity contribution in [2.45, 2.75) is 52.0 Å². The highest BCUT2D eigenvalue weighted by Gasteiger charge is 2.26. The molecule has 0 amide bonds. The molecule has 3 heteroatoms. The number of nitrogens with zero attached hydrogens (tertiary/aromatic N) is 1. The smallest absolute Gasteiger partial charge is 0.303 e. The third kappa shape index (κ3) is 4.12. The lowest BCUT2D eigenvalue weighted by Crippen LogP contribution is -2.38. The molecule has 0 saturated heterocycles. The summed E-state index contributed by atoms with van der Waals surface area (Å²) in [6, 6.07) is 0.667. The predicted octanol–water partition coefficient (Wildman–Crippen LogP) is 2.61. The average Bonchev–Trinajstić information content (AvgIpc) is 2.21. The summed E-state index contributed by atoms with van der Waals surface area (Å²) in [7, 11) is 2.13. The SMILES string of the molecule is CC1CCC(N(C)CCCC(=O)O)CC1C. The van der Waals surface area contributed by atoms with E-state index in [1.54, 1.807) is 0 Å². The Morgan fingerprint density at radius 3 is 2.56 bits per heavy atom. The minimum absolute atomic E-state index is 0.295. The van der Waals surface area contributed by atoms with Crippen molar-refractivity contribution in [3.63, 3.8) is 0 Å². The molecule has 1 aliphatic carbocycles. The molecule has 16 heavy (non-hydrogen) atoms. The third-order valence-corrected chi connectivity index (χ3v) is 4.10. The molecular formula is C13H25NO2. The maximum absolute atomic E-state index is 10.4. The van der Waals surface area contributed by atoms with Crippen LogP contribution in [0.4, 0.5) is 0 Å². The van der Waals surface area contributed by atoms with Crippen LogP contribution < -0.4 is 0 Å². The van der Waals surface area contributed by atoms with Crippen LogP contribution >= 0.6 is 0 Å². The molecule has 3 unspecified atom stereocenters. The van der Waals surface area contributed by atoms with Crippen molar-refractivity contribution in [3.8, 4) is 0 Å². The second kappa shape index (κ2) is 6.24. The van der Waals surface area contributed by atoms with E-state index in [2.05, 4.69) is 25.8 Å². The van der Waals surface area contributed by atoms with Crippen LogP contribution in [0.5, 0.6) is 0 Å². The van der Waals surface area contributed by atoms with E-state index in [0.717, 1.165) is 24.8 Å². The van der Waals surface area contributed by atoms with Gasteiger partial charge in [0.05, 0.1) is 0 Å². The molecule has 0 spiro atoms. The Labute approximate surface area is 98.8 Å². The Kier molecular flexibility index (Phi) is 5.26. The maximum atomic E-state index is 10.4. The van der Waals surface area contributed by atoms with Crippen molar-refractivity contribution in [2.24, 2.45) is 11.8 Å². The van der Waals surface area contributed by atoms with Crippen molar-refractivity contribution >= 4 is 5.97 Å². The molecule has 0 heterocycles. The molecule has 1 rings (SSSR count). The minimum Gasteiger partial charge on any atom is -0.481 e. The van der Waals surface area contributed by atoms with Gasteiger partial charge in [-0.3, -0.25) is 4.79 Å². The molecule has 1 aliphatic rings. The first kappa shape index (κ1) is 13.5. The van der Waals surface area contributed by atoms with E-state index in [-0.39, 0.29) is 0 Å². The second-order valence-corrected chi connectivity index (χ2v) is 5.40. The van der Waals surface area contributed by atoms with Gasteiger partial charge < -0.3 is 10.0 Å². The fourth-order valence-electron chi connectivity index (χ4n) is 2.58. The van der Waals surface area contributed by atoms with Gasteiger partial charge in [-0.25, -0.2) is 0 Å². The fraction of sp³-hybridized carbons (Fsp3) is 0.923. The predicted molar refractivity (Wildman–Crippen MR) is 65.5 cm³/mol. The quantitative estimate of drug-likeness (QED) is 0.785. The molecule has 0 radical (unpaired) electrons. The first-order chi connectivity index (χ1) is 7.50. The van der Waals surface area contributed by atoms with Crippen molar-refractivity contribution in [2.75, 3.05) is 13.6 Å². The summed E-state index contributed by atoms with van der Waals surface area (Å²) in [6.45, 7) is 5.59. The molecule has 0 aliphatic heterocycles. The Morgan fingerprint density at radius 1 is 1.31 bits per heavy atom. The molecule has 0 aromatic heterocycles. The van der Waals surface area contributed by atoms with E-state index in [0.29, 0.717) is 12.5 Å². The van der Waals surface area contributed by atoms with Crippen molar-refractivity contribution in [3.05, 3.63) is 0 Å². The van der Waals surface area contributed by atoms with E-state index in [1.165, 1.54) is 19.3 Å². The lowest BCUT2D eigenvalue weighted by Gasteiger charge is -2.37. The summed E-state index contributed by atoms with van der Waals surface area (Å²) in [5.41, 5.74) is 0. The van der Waals surface area contributed by atoms with Gasteiger partial charge in [0.2, 0.25) is 0 Å². The standard InChI is InChI=1S/C13H25NO2/c1-10-6-7-12(9-11(10)2)14(3)8-4-5-13(15)16/h10-12H,4-9H2,1-3H3,(H,15,16). The fourth-order valence-corrected chi connectivity index (χ4v) is 2.58. The Balaban J connectivity index is 2.26. The zero-order chi connectivity index (χ0) is 12.1. The highest BCUT2D eigenvalue weighted by Crippen LogP contribution is 2.31. The van der Waals surface area contributed by atoms with Crippen LogP contribution in [0.2, 0.25) is 0 Å². The van der Waals surface area contributed by atoms with E-state index < -0.39 is 5.97 Å². The number of hydrogen-bond acceptors (Lipinski definition) is 2. The Hall–Kier alpha value is -0.570. The van der Waals surface area contributed by atoms with Gasteiger partial charge in [0.25, 0.3) is 0 Å². The number of rotatable bonds is 5. The molecule has 3 atom stereocenters. The van der Waals surface area contributed by atoms with Gasteiger partial charge >= 0.3 is 5.97 Å². The first-order valence-electron chi connectivity index (χ1n) is 6.42. The molecule has 94 valence electrons. The molecule has 0 aromatic carbocycles. The van der Waals surface area contributed by atoms with Crippen LogP contribution in [0.3, 0.4) is 0 Å². The van der Waals surface area contributed by atoms with Crippen LogP contribution in [0.15, 0.2) is 0 Å². The number of carboxylic acid groups (broad SMARTS) is 1. The van der Waals surface area contributed by atoms with Gasteiger partial charge in [0.1, 0.15) is 0 Å². The number of aliphatic carboxylic acids is 1. The molecule has 0 aromatic rings. The summed E-state index contributed by atoms with van der Waals surface area (Å²) in [4.78, 5) is 12.8. The maximum Gasteiger partial charge on any atom is 0.303 e. The average molecular weight is 227 g/mol. The zero-order valence-corrected chi connectivity index (χ0v) is 10.8. The minimum atomic E-state index is -0.681. The Morgan fingerprint density at radius 2 is 2.00 bits per heavy atom. The molecule has 0 bridgehead atoms. The van der Waals surface area contributed by atoms with Gasteiger partial charge in [0, 0.05) is 12.5 Å². The number of carboxylic acids is 1. The van der Waals surface area contributed by atoms with Crippen LogP contribution in [0.25, 0.3) is 0 Å². The van der Waals surface area contributed by atoms with Gasteiger partial charge in [0.15, 0.2) is 0 Å². The second-order valence-electron chi connectivity index (χ2n) is 5.40. The Bertz CT molecular complexity index is 230. The molecule has 1 N–H and O–H groups in total. The summed E-state index contributed by atoms with van der Waals surface area (Å²) in [5.74, 6) is 0.975. The van der Waals surface area contributed by atoms with Gasteiger partial charge in [-0.05, 0) is 51.1 Å². The van der Waals surface area contributed by atoms with Crippen molar-refractivity contribution < 1.29 is 9.90 Å². The summed E-state index contributed by atoms with van der Waals surface area (Å²) >= 11 is 0. The lowest BCUT2D eigenvalue weighted by atomic mass is 9.78. The number of carbonyl (C=O) groups is 1. The number of hydrogen-bond donors (Lipinski definition) is 1. The summed E-state index contributed by atoms with van der Waals surface area (Å²) < 4.78 is 0. The van der Waals surface area contributed by atoms with E-state index in [1.807, 2.05) is 0 Å². The topological polar surface area (TPSA) is 40.5 Å². The third-order valence-electron chi connectivity index (χ3n) is 4.10. The van der Waals surface area contributed by atoms with Crippen LogP contribution in [-0.4, -0.2) is 35.6 Å². The van der Waals surface area contributed by atoms with Crippen molar-refractivity contribution in [1.29, 1.82) is 0 Å². The molecular weight excluding hydrogens is 202 g/mol. The molecule has 1 saturated carbocycles. The first-order valence-corrected chi connectivity index (χ1v) is 6.42. The molecule has 3 nitrogen and oxygen atoms in total. The normalized spacial score (nSPS) is 30.6. The van der Waals surface area contributed by atoms with Crippen molar-refractivity contribution in [1.82, 2.24) is 4.90 Å². The van der Waals surface area contributed by atoms with E-state index >= 15 is 0 Å².